The van der Waals surface area contributed by atoms with E-state index in [1.807, 2.05) is 0 Å². The van der Waals surface area contributed by atoms with Crippen molar-refractivity contribution in [3.63, 3.8) is 0 Å². The molecule has 0 aliphatic heterocycles. The number of likely N-dealkylation sites (N-methyl/N-ethyl adjacent to an activating group) is 1. The van der Waals surface area contributed by atoms with Crippen LogP contribution in [0.15, 0.2) is 18.2 Å². The molecule has 1 aromatic rings. The van der Waals surface area contributed by atoms with Crippen LogP contribution in [0, 0.1) is 0 Å². The normalized spacial score (nSPS) is 11.4. The maximum absolute atomic E-state index is 11.6. The highest BCUT2D eigenvalue weighted by molar-refractivity contribution is 6.32. The molecule has 2 N–H and O–H groups in total. The molecular weight excluding hydrogens is 263 g/mol. The molecule has 0 saturated heterocycles. The highest BCUT2D eigenvalue weighted by atomic mass is 35.5. The summed E-state index contributed by atoms with van der Waals surface area (Å²) in [6.07, 6.45) is 0. The number of rotatable bonds is 3. The molecule has 17 heavy (non-hydrogen) atoms. The summed E-state index contributed by atoms with van der Waals surface area (Å²) in [6.45, 7) is 1.64. The lowest BCUT2D eigenvalue weighted by Gasteiger charge is -2.20. The van der Waals surface area contributed by atoms with E-state index in [0.29, 0.717) is 16.5 Å². The molecule has 1 amide bonds. The van der Waals surface area contributed by atoms with Gasteiger partial charge in [0.1, 0.15) is 5.75 Å². The SMILES string of the molecule is COc1ccc(N(C)C(=O)[C@H](C)N)cc1Cl.Cl. The van der Waals surface area contributed by atoms with E-state index < -0.39 is 6.04 Å². The molecule has 1 rings (SSSR count). The van der Waals surface area contributed by atoms with Crippen molar-refractivity contribution in [1.29, 1.82) is 0 Å². The van der Waals surface area contributed by atoms with Crippen LogP contribution in [0.2, 0.25) is 5.02 Å². The van der Waals surface area contributed by atoms with Crippen molar-refractivity contribution in [2.75, 3.05) is 19.1 Å². The average Bonchev–Trinajstić information content (AvgIpc) is 2.26. The number of nitrogens with zero attached hydrogens (tertiary/aromatic N) is 1. The number of carbonyl (C=O) groups is 1. The topological polar surface area (TPSA) is 55.6 Å². The molecule has 6 heteroatoms. The van der Waals surface area contributed by atoms with Crippen molar-refractivity contribution >= 4 is 35.6 Å². The van der Waals surface area contributed by atoms with Gasteiger partial charge in [-0.15, -0.1) is 12.4 Å². The van der Waals surface area contributed by atoms with Crippen molar-refractivity contribution in [3.8, 4) is 5.75 Å². The fourth-order valence-corrected chi connectivity index (χ4v) is 1.55. The zero-order valence-corrected chi connectivity index (χ0v) is 11.5. The molecule has 0 saturated carbocycles. The molecule has 4 nitrogen and oxygen atoms in total. The first-order chi connectivity index (χ1) is 7.47. The molecule has 0 aliphatic carbocycles. The first-order valence-corrected chi connectivity index (χ1v) is 5.22. The van der Waals surface area contributed by atoms with Gasteiger partial charge < -0.3 is 15.4 Å². The summed E-state index contributed by atoms with van der Waals surface area (Å²) in [5.41, 5.74) is 6.21. The molecule has 0 aliphatic rings. The summed E-state index contributed by atoms with van der Waals surface area (Å²) in [7, 11) is 3.20. The monoisotopic (exact) mass is 278 g/mol. The minimum atomic E-state index is -0.536. The first-order valence-electron chi connectivity index (χ1n) is 4.84. The molecular formula is C11H16Cl2N2O2. The van der Waals surface area contributed by atoms with Gasteiger partial charge in [0.2, 0.25) is 5.91 Å². The van der Waals surface area contributed by atoms with Gasteiger partial charge in [0.25, 0.3) is 0 Å². The number of nitrogens with two attached hydrogens (primary N) is 1. The molecule has 0 fully saturated rings. The molecule has 0 radical (unpaired) electrons. The Morgan fingerprint density at radius 2 is 2.12 bits per heavy atom. The number of methoxy groups -OCH3 is 1. The summed E-state index contributed by atoms with van der Waals surface area (Å²) >= 11 is 5.96. The molecule has 0 unspecified atom stereocenters. The van der Waals surface area contributed by atoms with E-state index in [4.69, 9.17) is 22.1 Å². The summed E-state index contributed by atoms with van der Waals surface area (Å²) < 4.78 is 5.03. The van der Waals surface area contributed by atoms with Gasteiger partial charge in [-0.25, -0.2) is 0 Å². The molecule has 1 aromatic carbocycles. The predicted octanol–water partition coefficient (Wildman–Crippen LogP) is 2.08. The smallest absolute Gasteiger partial charge is 0.243 e. The minimum absolute atomic E-state index is 0. The summed E-state index contributed by atoms with van der Waals surface area (Å²) in [4.78, 5) is 13.1. The Hall–Kier alpha value is -0.970. The van der Waals surface area contributed by atoms with Gasteiger partial charge in [0, 0.05) is 12.7 Å². The van der Waals surface area contributed by atoms with E-state index in [9.17, 15) is 4.79 Å². The largest absolute Gasteiger partial charge is 0.495 e. The van der Waals surface area contributed by atoms with Gasteiger partial charge in [0.05, 0.1) is 18.2 Å². The third kappa shape index (κ3) is 3.77. The van der Waals surface area contributed by atoms with E-state index in [2.05, 4.69) is 0 Å². The van der Waals surface area contributed by atoms with Gasteiger partial charge in [-0.2, -0.15) is 0 Å². The standard InChI is InChI=1S/C11H15ClN2O2.ClH/c1-7(13)11(15)14(2)8-4-5-10(16-3)9(12)6-8;/h4-7H,13H2,1-3H3;1H/t7-;/m0./s1. The van der Waals surface area contributed by atoms with Crippen molar-refractivity contribution in [2.24, 2.45) is 5.73 Å². The van der Waals surface area contributed by atoms with Gasteiger partial charge in [-0.3, -0.25) is 4.79 Å². The number of benzene rings is 1. The minimum Gasteiger partial charge on any atom is -0.495 e. The van der Waals surface area contributed by atoms with Crippen molar-refractivity contribution < 1.29 is 9.53 Å². The molecule has 0 spiro atoms. The number of carbonyl (C=O) groups excluding carboxylic acids is 1. The van der Waals surface area contributed by atoms with E-state index in [-0.39, 0.29) is 18.3 Å². The molecule has 0 heterocycles. The first kappa shape index (κ1) is 16.0. The summed E-state index contributed by atoms with van der Waals surface area (Å²) in [6, 6.07) is 4.60. The Morgan fingerprint density at radius 3 is 2.53 bits per heavy atom. The average molecular weight is 279 g/mol. The van der Waals surface area contributed by atoms with Crippen LogP contribution in [0.5, 0.6) is 5.75 Å². The Labute approximate surface area is 112 Å². The van der Waals surface area contributed by atoms with Crippen LogP contribution in [0.4, 0.5) is 5.69 Å². The van der Waals surface area contributed by atoms with E-state index in [1.54, 1.807) is 32.2 Å². The fourth-order valence-electron chi connectivity index (χ4n) is 1.30. The van der Waals surface area contributed by atoms with Gasteiger partial charge in [-0.05, 0) is 25.1 Å². The summed E-state index contributed by atoms with van der Waals surface area (Å²) in [5, 5.41) is 0.462. The van der Waals surface area contributed by atoms with Crippen LogP contribution < -0.4 is 15.4 Å². The maximum atomic E-state index is 11.6. The third-order valence-electron chi connectivity index (χ3n) is 2.24. The Morgan fingerprint density at radius 1 is 1.53 bits per heavy atom. The lowest BCUT2D eigenvalue weighted by Crippen LogP contribution is -2.39. The van der Waals surface area contributed by atoms with Crippen LogP contribution in [0.25, 0.3) is 0 Å². The Balaban J connectivity index is 0.00000256. The van der Waals surface area contributed by atoms with Gasteiger partial charge >= 0.3 is 0 Å². The second-order valence-electron chi connectivity index (χ2n) is 3.50. The van der Waals surface area contributed by atoms with E-state index >= 15 is 0 Å². The van der Waals surface area contributed by atoms with Crippen LogP contribution in [-0.2, 0) is 4.79 Å². The van der Waals surface area contributed by atoms with Crippen LogP contribution in [-0.4, -0.2) is 26.1 Å². The van der Waals surface area contributed by atoms with Crippen molar-refractivity contribution in [2.45, 2.75) is 13.0 Å². The Kier molecular flexibility index (Phi) is 6.31. The van der Waals surface area contributed by atoms with E-state index in [1.165, 1.54) is 12.0 Å². The molecule has 0 aromatic heterocycles. The highest BCUT2D eigenvalue weighted by Crippen LogP contribution is 2.28. The number of hydrogen-bond donors (Lipinski definition) is 1. The molecule has 1 atom stereocenters. The van der Waals surface area contributed by atoms with Crippen LogP contribution in [0.1, 0.15) is 6.92 Å². The van der Waals surface area contributed by atoms with Crippen molar-refractivity contribution in [3.05, 3.63) is 23.2 Å². The number of halogens is 2. The second kappa shape index (κ2) is 6.69. The lowest BCUT2D eigenvalue weighted by molar-refractivity contribution is -0.119. The van der Waals surface area contributed by atoms with Crippen molar-refractivity contribution in [1.82, 2.24) is 0 Å². The third-order valence-corrected chi connectivity index (χ3v) is 2.54. The van der Waals surface area contributed by atoms with Gasteiger partial charge in [-0.1, -0.05) is 11.6 Å². The zero-order chi connectivity index (χ0) is 12.3. The van der Waals surface area contributed by atoms with E-state index in [0.717, 1.165) is 0 Å². The van der Waals surface area contributed by atoms with Crippen LogP contribution >= 0.6 is 24.0 Å². The summed E-state index contributed by atoms with van der Waals surface area (Å²) in [5.74, 6) is 0.410. The lowest BCUT2D eigenvalue weighted by atomic mass is 10.2. The molecule has 0 bridgehead atoms. The number of hydrogen-bond acceptors (Lipinski definition) is 3. The zero-order valence-electron chi connectivity index (χ0n) is 9.94. The number of amides is 1. The predicted molar refractivity (Wildman–Crippen MR) is 72.3 cm³/mol. The van der Waals surface area contributed by atoms with Crippen LogP contribution in [0.3, 0.4) is 0 Å². The molecule has 96 valence electrons. The number of anilines is 1. The highest BCUT2D eigenvalue weighted by Gasteiger charge is 2.15. The fraction of sp³-hybridized carbons (Fsp3) is 0.364. The van der Waals surface area contributed by atoms with Gasteiger partial charge in [0.15, 0.2) is 0 Å². The number of ether oxygens (including phenoxy) is 1. The second-order valence-corrected chi connectivity index (χ2v) is 3.91. The maximum Gasteiger partial charge on any atom is 0.243 e. The Bertz CT molecular complexity index is 397. The quantitative estimate of drug-likeness (QED) is 0.921.